The molecule has 0 saturated carbocycles. The number of aromatic nitrogens is 1. The van der Waals surface area contributed by atoms with Crippen molar-refractivity contribution in [3.8, 4) is 17.0 Å². The zero-order valence-corrected chi connectivity index (χ0v) is 16.2. The molecule has 0 amide bonds. The van der Waals surface area contributed by atoms with Gasteiger partial charge >= 0.3 is 6.61 Å². The molecule has 3 aromatic rings. The summed E-state index contributed by atoms with van der Waals surface area (Å²) in [6.07, 6.45) is 1.60. The number of methoxy groups -OCH3 is 1. The van der Waals surface area contributed by atoms with Crippen LogP contribution < -0.4 is 9.54 Å². The van der Waals surface area contributed by atoms with E-state index >= 15 is 0 Å². The average Bonchev–Trinajstić information content (AvgIpc) is 3.26. The molecule has 0 radical (unpaired) electrons. The van der Waals surface area contributed by atoms with Crippen LogP contribution in [0.5, 0.6) is 5.75 Å². The minimum atomic E-state index is -2.86. The lowest BCUT2D eigenvalue weighted by Crippen LogP contribution is -2.13. The van der Waals surface area contributed by atoms with Crippen LogP contribution in [0.15, 0.2) is 56.3 Å². The van der Waals surface area contributed by atoms with Crippen LogP contribution in [-0.2, 0) is 4.74 Å². The Kier molecular flexibility index (Phi) is 6.72. The maximum absolute atomic E-state index is 12.3. The number of halogens is 2. The van der Waals surface area contributed by atoms with Crippen molar-refractivity contribution in [3.05, 3.63) is 58.1 Å². The van der Waals surface area contributed by atoms with Gasteiger partial charge in [0, 0.05) is 18.1 Å². The first-order chi connectivity index (χ1) is 13.6. The molecule has 0 fully saturated rings. The third kappa shape index (κ3) is 5.14. The Labute approximate surface area is 164 Å². The fourth-order valence-electron chi connectivity index (χ4n) is 2.39. The number of rotatable bonds is 8. The molecule has 0 bridgehead atoms. The van der Waals surface area contributed by atoms with Crippen LogP contribution in [0.25, 0.3) is 11.3 Å². The van der Waals surface area contributed by atoms with Gasteiger partial charge in [-0.3, -0.25) is 4.99 Å². The van der Waals surface area contributed by atoms with Crippen molar-refractivity contribution in [1.82, 2.24) is 4.68 Å². The Balaban J connectivity index is 1.96. The van der Waals surface area contributed by atoms with E-state index in [4.69, 9.17) is 9.15 Å². The van der Waals surface area contributed by atoms with Gasteiger partial charge in [-0.15, -0.1) is 11.3 Å². The molecule has 0 spiro atoms. The Morgan fingerprint density at radius 2 is 2.00 bits per heavy atom. The van der Waals surface area contributed by atoms with Crippen molar-refractivity contribution >= 4 is 17.6 Å². The number of thiazole rings is 1. The minimum absolute atomic E-state index is 0.0973. The molecule has 2 heterocycles. The number of benzene rings is 1. The van der Waals surface area contributed by atoms with Crippen LogP contribution in [0.2, 0.25) is 0 Å². The van der Waals surface area contributed by atoms with Crippen molar-refractivity contribution < 1.29 is 22.7 Å². The summed E-state index contributed by atoms with van der Waals surface area (Å²) in [5.41, 5.74) is 1.56. The SMILES string of the molecule is COCCN=c1scc(-c2ccc(OC(F)F)cc2)n1/N=C\c1ccc(C)o1. The van der Waals surface area contributed by atoms with Crippen molar-refractivity contribution in [3.63, 3.8) is 0 Å². The summed E-state index contributed by atoms with van der Waals surface area (Å²) in [4.78, 5) is 5.18. The number of aryl methyl sites for hydroxylation is 1. The predicted molar refractivity (Wildman–Crippen MR) is 103 cm³/mol. The maximum atomic E-state index is 12.3. The minimum Gasteiger partial charge on any atom is -0.460 e. The molecule has 1 aromatic carbocycles. The second-order valence-electron chi connectivity index (χ2n) is 5.69. The van der Waals surface area contributed by atoms with Gasteiger partial charge in [0.25, 0.3) is 0 Å². The summed E-state index contributed by atoms with van der Waals surface area (Å²) < 4.78 is 41.3. The summed E-state index contributed by atoms with van der Waals surface area (Å²) >= 11 is 1.42. The highest BCUT2D eigenvalue weighted by Gasteiger charge is 2.09. The van der Waals surface area contributed by atoms with Crippen LogP contribution in [-0.4, -0.2) is 37.8 Å². The zero-order valence-electron chi connectivity index (χ0n) is 15.3. The second kappa shape index (κ2) is 9.43. The number of alkyl halides is 2. The lowest BCUT2D eigenvalue weighted by atomic mass is 10.2. The largest absolute Gasteiger partial charge is 0.460 e. The van der Waals surface area contributed by atoms with E-state index in [0.717, 1.165) is 17.0 Å². The first-order valence-corrected chi connectivity index (χ1v) is 9.31. The summed E-state index contributed by atoms with van der Waals surface area (Å²) in [6.45, 7) is -0.0137. The summed E-state index contributed by atoms with van der Waals surface area (Å²) in [6, 6.07) is 10.1. The van der Waals surface area contributed by atoms with Gasteiger partial charge in [0.1, 0.15) is 17.3 Å². The van der Waals surface area contributed by atoms with E-state index < -0.39 is 6.61 Å². The van der Waals surface area contributed by atoms with Gasteiger partial charge in [-0.05, 0) is 43.3 Å². The van der Waals surface area contributed by atoms with Crippen LogP contribution in [0, 0.1) is 6.92 Å². The number of ether oxygens (including phenoxy) is 2. The maximum Gasteiger partial charge on any atom is 0.387 e. The lowest BCUT2D eigenvalue weighted by Gasteiger charge is -2.06. The van der Waals surface area contributed by atoms with Crippen molar-refractivity contribution in [2.24, 2.45) is 10.1 Å². The number of nitrogens with zero attached hydrogens (tertiary/aromatic N) is 3. The third-order valence-corrected chi connectivity index (χ3v) is 4.52. The lowest BCUT2D eigenvalue weighted by molar-refractivity contribution is -0.0498. The van der Waals surface area contributed by atoms with E-state index in [-0.39, 0.29) is 5.75 Å². The third-order valence-electron chi connectivity index (χ3n) is 3.66. The van der Waals surface area contributed by atoms with E-state index in [1.807, 2.05) is 24.4 Å². The molecule has 9 heteroatoms. The average molecular weight is 407 g/mol. The van der Waals surface area contributed by atoms with Crippen LogP contribution >= 0.6 is 11.3 Å². The Hall–Kier alpha value is -2.78. The Morgan fingerprint density at radius 3 is 2.64 bits per heavy atom. The highest BCUT2D eigenvalue weighted by atomic mass is 32.1. The van der Waals surface area contributed by atoms with Crippen LogP contribution in [0.3, 0.4) is 0 Å². The first-order valence-electron chi connectivity index (χ1n) is 8.43. The van der Waals surface area contributed by atoms with Gasteiger partial charge in [0.05, 0.1) is 25.1 Å². The smallest absolute Gasteiger partial charge is 0.387 e. The topological polar surface area (TPSA) is 61.2 Å². The fraction of sp³-hybridized carbons (Fsp3) is 0.263. The van der Waals surface area contributed by atoms with Gasteiger partial charge in [-0.1, -0.05) is 0 Å². The second-order valence-corrected chi connectivity index (χ2v) is 6.52. The molecule has 0 unspecified atom stereocenters. The number of hydrogen-bond donors (Lipinski definition) is 0. The van der Waals surface area contributed by atoms with Gasteiger partial charge in [0.15, 0.2) is 0 Å². The normalized spacial score (nSPS) is 12.4. The molecule has 0 N–H and O–H groups in total. The van der Waals surface area contributed by atoms with E-state index in [0.29, 0.717) is 23.7 Å². The highest BCUT2D eigenvalue weighted by Crippen LogP contribution is 2.24. The van der Waals surface area contributed by atoms with Crippen molar-refractivity contribution in [2.45, 2.75) is 13.5 Å². The molecule has 0 atom stereocenters. The van der Waals surface area contributed by atoms with Crippen LogP contribution in [0.1, 0.15) is 11.5 Å². The van der Waals surface area contributed by atoms with E-state index in [1.165, 1.54) is 23.5 Å². The fourth-order valence-corrected chi connectivity index (χ4v) is 3.26. The zero-order chi connectivity index (χ0) is 19.9. The number of hydrogen-bond acceptors (Lipinski definition) is 6. The molecular weight excluding hydrogens is 388 g/mol. The molecule has 0 aliphatic heterocycles. The monoisotopic (exact) mass is 407 g/mol. The Morgan fingerprint density at radius 1 is 1.21 bits per heavy atom. The van der Waals surface area contributed by atoms with Crippen LogP contribution in [0.4, 0.5) is 8.78 Å². The Bertz CT molecular complexity index is 991. The van der Waals surface area contributed by atoms with E-state index in [1.54, 1.807) is 30.1 Å². The predicted octanol–water partition coefficient (Wildman–Crippen LogP) is 4.15. The highest BCUT2D eigenvalue weighted by molar-refractivity contribution is 7.07. The summed E-state index contributed by atoms with van der Waals surface area (Å²) in [5, 5.41) is 6.40. The molecule has 6 nitrogen and oxygen atoms in total. The van der Waals surface area contributed by atoms with E-state index in [9.17, 15) is 8.78 Å². The van der Waals surface area contributed by atoms with Gasteiger partial charge in [-0.25, -0.2) is 4.68 Å². The van der Waals surface area contributed by atoms with Gasteiger partial charge in [0.2, 0.25) is 4.80 Å². The van der Waals surface area contributed by atoms with Gasteiger partial charge < -0.3 is 13.9 Å². The molecule has 0 aliphatic carbocycles. The van der Waals surface area contributed by atoms with Crippen molar-refractivity contribution in [1.29, 1.82) is 0 Å². The summed E-state index contributed by atoms with van der Waals surface area (Å²) in [7, 11) is 1.61. The molecule has 0 aliphatic rings. The molecule has 3 rings (SSSR count). The van der Waals surface area contributed by atoms with Gasteiger partial charge in [-0.2, -0.15) is 13.9 Å². The number of furan rings is 1. The standard InChI is InChI=1S/C19H19F2N3O3S/c1-13-3-6-16(26-13)11-23-24-17(12-28-19(24)22-9-10-25-2)14-4-7-15(8-5-14)27-18(20)21/h3-8,11-12,18H,9-10H2,1-2H3/b22-19?,23-11-. The molecule has 0 saturated heterocycles. The quantitative estimate of drug-likeness (QED) is 0.416. The summed E-state index contributed by atoms with van der Waals surface area (Å²) in [5.74, 6) is 1.50. The first kappa shape index (κ1) is 20.0. The molecule has 2 aromatic heterocycles. The molecule has 148 valence electrons. The van der Waals surface area contributed by atoms with Crippen molar-refractivity contribution in [2.75, 3.05) is 20.3 Å². The molecule has 28 heavy (non-hydrogen) atoms. The molecular formula is C19H19F2N3O3S. The van der Waals surface area contributed by atoms with E-state index in [2.05, 4.69) is 14.8 Å².